The van der Waals surface area contributed by atoms with Crippen molar-refractivity contribution in [3.63, 3.8) is 0 Å². The summed E-state index contributed by atoms with van der Waals surface area (Å²) in [6.45, 7) is 4.74. The zero-order chi connectivity index (χ0) is 14.6. The molecular formula is C16H24FN3. The molecule has 1 aromatic rings. The normalized spacial score (nSPS) is 18.5. The minimum Gasteiger partial charge on any atom is -0.370 e. The summed E-state index contributed by atoms with van der Waals surface area (Å²) < 4.78 is 13.1. The fourth-order valence-corrected chi connectivity index (χ4v) is 2.97. The molecule has 0 atom stereocenters. The molecular weight excluding hydrogens is 253 g/mol. The van der Waals surface area contributed by atoms with E-state index < -0.39 is 0 Å². The second kappa shape index (κ2) is 6.25. The van der Waals surface area contributed by atoms with E-state index in [0.717, 1.165) is 12.8 Å². The number of aliphatic imine (C=N–C) groups is 1. The van der Waals surface area contributed by atoms with Gasteiger partial charge in [0.15, 0.2) is 5.96 Å². The van der Waals surface area contributed by atoms with E-state index in [1.54, 1.807) is 0 Å². The van der Waals surface area contributed by atoms with Crippen LogP contribution in [0.2, 0.25) is 0 Å². The van der Waals surface area contributed by atoms with Gasteiger partial charge >= 0.3 is 0 Å². The Bertz CT molecular complexity index is 459. The van der Waals surface area contributed by atoms with Gasteiger partial charge in [-0.3, -0.25) is 4.99 Å². The fraction of sp³-hybridized carbons (Fsp3) is 0.562. The van der Waals surface area contributed by atoms with E-state index in [1.165, 1.54) is 30.5 Å². The maximum Gasteiger partial charge on any atom is 0.188 e. The third-order valence-corrected chi connectivity index (χ3v) is 4.01. The number of hydrogen-bond acceptors (Lipinski definition) is 1. The number of halogens is 1. The Kier molecular flexibility index (Phi) is 4.63. The standard InChI is InChI=1S/C16H24FN3/c1-12(2)20-15(18)19-11-16(9-3-4-10-16)13-5-7-14(17)8-6-13/h5-8,12H,3-4,9-11H2,1-2H3,(H3,18,19,20). The predicted octanol–water partition coefficient (Wildman–Crippen LogP) is 2.95. The van der Waals surface area contributed by atoms with Crippen molar-refractivity contribution in [3.8, 4) is 0 Å². The van der Waals surface area contributed by atoms with Crippen molar-refractivity contribution in [2.75, 3.05) is 6.54 Å². The Morgan fingerprint density at radius 1 is 1.30 bits per heavy atom. The van der Waals surface area contributed by atoms with Gasteiger partial charge in [-0.05, 0) is 44.4 Å². The minimum absolute atomic E-state index is 0.0248. The zero-order valence-corrected chi connectivity index (χ0v) is 12.3. The lowest BCUT2D eigenvalue weighted by Crippen LogP contribution is -2.38. The lowest BCUT2D eigenvalue weighted by Gasteiger charge is -2.28. The van der Waals surface area contributed by atoms with E-state index in [1.807, 2.05) is 26.0 Å². The highest BCUT2D eigenvalue weighted by molar-refractivity contribution is 5.78. The lowest BCUT2D eigenvalue weighted by molar-refractivity contribution is 0.452. The molecule has 1 aromatic carbocycles. The van der Waals surface area contributed by atoms with Gasteiger partial charge in [-0.15, -0.1) is 0 Å². The molecule has 0 amide bonds. The smallest absolute Gasteiger partial charge is 0.188 e. The van der Waals surface area contributed by atoms with Crippen molar-refractivity contribution >= 4 is 5.96 Å². The van der Waals surface area contributed by atoms with Crippen LogP contribution in [0.1, 0.15) is 45.1 Å². The monoisotopic (exact) mass is 277 g/mol. The number of rotatable bonds is 4. The van der Waals surface area contributed by atoms with Crippen LogP contribution in [0.3, 0.4) is 0 Å². The van der Waals surface area contributed by atoms with Crippen LogP contribution in [0.15, 0.2) is 29.3 Å². The van der Waals surface area contributed by atoms with E-state index in [2.05, 4.69) is 10.3 Å². The molecule has 1 aliphatic rings. The topological polar surface area (TPSA) is 50.4 Å². The van der Waals surface area contributed by atoms with E-state index in [9.17, 15) is 4.39 Å². The van der Waals surface area contributed by atoms with Crippen molar-refractivity contribution in [1.29, 1.82) is 0 Å². The van der Waals surface area contributed by atoms with Crippen LogP contribution in [-0.2, 0) is 5.41 Å². The summed E-state index contributed by atoms with van der Waals surface area (Å²) >= 11 is 0. The summed E-state index contributed by atoms with van der Waals surface area (Å²) in [6.07, 6.45) is 4.59. The number of nitrogens with two attached hydrogens (primary N) is 1. The molecule has 0 radical (unpaired) electrons. The minimum atomic E-state index is -0.189. The number of guanidine groups is 1. The first kappa shape index (κ1) is 14.8. The first-order chi connectivity index (χ1) is 9.52. The quantitative estimate of drug-likeness (QED) is 0.656. The van der Waals surface area contributed by atoms with Crippen LogP contribution in [0.4, 0.5) is 4.39 Å². The van der Waals surface area contributed by atoms with Gasteiger partial charge in [0.1, 0.15) is 5.82 Å². The number of nitrogens with one attached hydrogen (secondary N) is 1. The Hall–Kier alpha value is -1.58. The largest absolute Gasteiger partial charge is 0.370 e. The molecule has 1 aliphatic carbocycles. The molecule has 0 saturated heterocycles. The molecule has 0 heterocycles. The molecule has 0 aromatic heterocycles. The maximum atomic E-state index is 13.1. The summed E-state index contributed by atoms with van der Waals surface area (Å²) in [7, 11) is 0. The van der Waals surface area contributed by atoms with Crippen LogP contribution >= 0.6 is 0 Å². The second-order valence-electron chi connectivity index (χ2n) is 5.99. The number of benzene rings is 1. The Morgan fingerprint density at radius 3 is 2.45 bits per heavy atom. The Labute approximate surface area is 120 Å². The zero-order valence-electron chi connectivity index (χ0n) is 12.3. The van der Waals surface area contributed by atoms with Gasteiger partial charge in [0.25, 0.3) is 0 Å². The third kappa shape index (κ3) is 3.50. The predicted molar refractivity (Wildman–Crippen MR) is 81.3 cm³/mol. The molecule has 3 N–H and O–H groups in total. The van der Waals surface area contributed by atoms with Gasteiger partial charge in [-0.25, -0.2) is 4.39 Å². The Morgan fingerprint density at radius 2 is 1.90 bits per heavy atom. The molecule has 2 rings (SSSR count). The van der Waals surface area contributed by atoms with E-state index in [-0.39, 0.29) is 17.3 Å². The van der Waals surface area contributed by atoms with E-state index in [0.29, 0.717) is 12.5 Å². The van der Waals surface area contributed by atoms with Crippen molar-refractivity contribution in [1.82, 2.24) is 5.32 Å². The maximum absolute atomic E-state index is 13.1. The van der Waals surface area contributed by atoms with Gasteiger partial charge in [0.2, 0.25) is 0 Å². The molecule has 0 aliphatic heterocycles. The summed E-state index contributed by atoms with van der Waals surface area (Å²) in [6, 6.07) is 7.14. The highest BCUT2D eigenvalue weighted by atomic mass is 19.1. The highest BCUT2D eigenvalue weighted by Gasteiger charge is 2.35. The van der Waals surface area contributed by atoms with Gasteiger partial charge in [-0.1, -0.05) is 25.0 Å². The molecule has 4 heteroatoms. The molecule has 1 saturated carbocycles. The van der Waals surface area contributed by atoms with Crippen LogP contribution in [0.5, 0.6) is 0 Å². The van der Waals surface area contributed by atoms with Crippen LogP contribution in [0, 0.1) is 5.82 Å². The SMILES string of the molecule is CC(C)NC(N)=NCC1(c2ccc(F)cc2)CCCC1. The van der Waals surface area contributed by atoms with E-state index in [4.69, 9.17) is 5.73 Å². The average Bonchev–Trinajstić information content (AvgIpc) is 2.86. The molecule has 0 bridgehead atoms. The molecule has 0 unspecified atom stereocenters. The van der Waals surface area contributed by atoms with Gasteiger partial charge in [0.05, 0.1) is 6.54 Å². The fourth-order valence-electron chi connectivity index (χ4n) is 2.97. The summed E-state index contributed by atoms with van der Waals surface area (Å²) in [5.41, 5.74) is 7.10. The van der Waals surface area contributed by atoms with Crippen LogP contribution < -0.4 is 11.1 Å². The molecule has 20 heavy (non-hydrogen) atoms. The van der Waals surface area contributed by atoms with E-state index >= 15 is 0 Å². The molecule has 0 spiro atoms. The number of nitrogens with zero attached hydrogens (tertiary/aromatic N) is 1. The van der Waals surface area contributed by atoms with Gasteiger partial charge in [0, 0.05) is 11.5 Å². The van der Waals surface area contributed by atoms with Crippen LogP contribution in [-0.4, -0.2) is 18.5 Å². The summed E-state index contributed by atoms with van der Waals surface area (Å²) in [4.78, 5) is 4.51. The molecule has 110 valence electrons. The first-order valence-electron chi connectivity index (χ1n) is 7.34. The first-order valence-corrected chi connectivity index (χ1v) is 7.34. The number of hydrogen-bond donors (Lipinski definition) is 2. The highest BCUT2D eigenvalue weighted by Crippen LogP contribution is 2.41. The van der Waals surface area contributed by atoms with Crippen molar-refractivity contribution < 1.29 is 4.39 Å². The summed E-state index contributed by atoms with van der Waals surface area (Å²) in [5.74, 6) is 0.305. The van der Waals surface area contributed by atoms with Crippen molar-refractivity contribution in [2.45, 2.75) is 51.0 Å². The van der Waals surface area contributed by atoms with Crippen molar-refractivity contribution in [3.05, 3.63) is 35.6 Å². The third-order valence-electron chi connectivity index (χ3n) is 4.01. The van der Waals surface area contributed by atoms with Crippen molar-refractivity contribution in [2.24, 2.45) is 10.7 Å². The average molecular weight is 277 g/mol. The molecule has 1 fully saturated rings. The molecule has 3 nitrogen and oxygen atoms in total. The second-order valence-corrected chi connectivity index (χ2v) is 5.99. The Balaban J connectivity index is 2.16. The van der Waals surface area contributed by atoms with Crippen LogP contribution in [0.25, 0.3) is 0 Å². The summed E-state index contributed by atoms with van der Waals surface area (Å²) in [5, 5.41) is 3.11. The van der Waals surface area contributed by atoms with Gasteiger partial charge in [-0.2, -0.15) is 0 Å². The lowest BCUT2D eigenvalue weighted by atomic mass is 9.79. The van der Waals surface area contributed by atoms with Gasteiger partial charge < -0.3 is 11.1 Å².